The van der Waals surface area contributed by atoms with Crippen LogP contribution in [0.5, 0.6) is 0 Å². The average Bonchev–Trinajstić information content (AvgIpc) is 3.09. The van der Waals surface area contributed by atoms with E-state index in [1.54, 1.807) is 4.90 Å². The second-order valence-corrected chi connectivity index (χ2v) is 10.5. The van der Waals surface area contributed by atoms with Gasteiger partial charge in [0.1, 0.15) is 0 Å². The van der Waals surface area contributed by atoms with E-state index in [2.05, 4.69) is 26.1 Å². The number of sulfone groups is 1. The average molecular weight is 378 g/mol. The van der Waals surface area contributed by atoms with Gasteiger partial charge in [-0.2, -0.15) is 0 Å². The molecule has 2 heterocycles. The molecule has 26 heavy (non-hydrogen) atoms. The summed E-state index contributed by atoms with van der Waals surface area (Å²) in [7, 11) is -3.04. The van der Waals surface area contributed by atoms with Crippen molar-refractivity contribution in [3.8, 4) is 0 Å². The Kier molecular flexibility index (Phi) is 4.86. The Morgan fingerprint density at radius 3 is 2.38 bits per heavy atom. The summed E-state index contributed by atoms with van der Waals surface area (Å²) in [5, 5.41) is 2.80. The van der Waals surface area contributed by atoms with Crippen LogP contribution in [-0.4, -0.2) is 44.3 Å². The van der Waals surface area contributed by atoms with E-state index in [1.807, 2.05) is 24.3 Å². The summed E-state index contributed by atoms with van der Waals surface area (Å²) in [4.78, 5) is 26.4. The summed E-state index contributed by atoms with van der Waals surface area (Å²) in [5.74, 6) is -0.624. The number of nitrogens with one attached hydrogen (secondary N) is 1. The number of hydrogen-bond acceptors (Lipinski definition) is 4. The molecular formula is C19H26N2O4S. The molecule has 0 bridgehead atoms. The van der Waals surface area contributed by atoms with E-state index >= 15 is 0 Å². The van der Waals surface area contributed by atoms with Crippen LogP contribution in [0.15, 0.2) is 24.3 Å². The molecule has 0 aromatic heterocycles. The van der Waals surface area contributed by atoms with Gasteiger partial charge in [0.15, 0.2) is 9.84 Å². The second-order valence-electron chi connectivity index (χ2n) is 8.31. The van der Waals surface area contributed by atoms with Gasteiger partial charge >= 0.3 is 0 Å². The Labute approximate surface area is 154 Å². The molecule has 2 unspecified atom stereocenters. The molecule has 1 aromatic carbocycles. The highest BCUT2D eigenvalue weighted by atomic mass is 32.2. The van der Waals surface area contributed by atoms with Crippen LogP contribution in [0.1, 0.15) is 39.2 Å². The normalized spacial score (nSPS) is 25.5. The fraction of sp³-hybridized carbons (Fsp3) is 0.579. The Morgan fingerprint density at radius 1 is 1.19 bits per heavy atom. The molecule has 1 N–H and O–H groups in total. The van der Waals surface area contributed by atoms with E-state index in [4.69, 9.17) is 0 Å². The number of rotatable bonds is 3. The summed E-state index contributed by atoms with van der Waals surface area (Å²) < 4.78 is 23.0. The van der Waals surface area contributed by atoms with Crippen molar-refractivity contribution < 1.29 is 18.0 Å². The zero-order chi connectivity index (χ0) is 19.1. The largest absolute Gasteiger partial charge is 0.352 e. The zero-order valence-corrected chi connectivity index (χ0v) is 16.3. The number of carbonyl (C=O) groups excluding carboxylic acids is 2. The maximum absolute atomic E-state index is 12.4. The minimum atomic E-state index is -3.04. The van der Waals surface area contributed by atoms with Crippen LogP contribution in [0.2, 0.25) is 0 Å². The lowest BCUT2D eigenvalue weighted by Gasteiger charge is -2.22. The van der Waals surface area contributed by atoms with E-state index < -0.39 is 15.8 Å². The molecule has 2 aliphatic rings. The van der Waals surface area contributed by atoms with Crippen LogP contribution in [0.25, 0.3) is 0 Å². The lowest BCUT2D eigenvalue weighted by Crippen LogP contribution is -2.40. The van der Waals surface area contributed by atoms with Crippen LogP contribution in [-0.2, 0) is 24.8 Å². The molecule has 6 nitrogen and oxygen atoms in total. The van der Waals surface area contributed by atoms with Crippen molar-refractivity contribution >= 4 is 27.3 Å². The molecule has 0 aliphatic carbocycles. The van der Waals surface area contributed by atoms with Gasteiger partial charge in [-0.15, -0.1) is 0 Å². The Hall–Kier alpha value is -1.89. The number of nitrogens with zero attached hydrogens (tertiary/aromatic N) is 1. The van der Waals surface area contributed by atoms with E-state index in [1.165, 1.54) is 5.56 Å². The molecule has 7 heteroatoms. The number of amides is 2. The lowest BCUT2D eigenvalue weighted by atomic mass is 9.87. The highest BCUT2D eigenvalue weighted by Gasteiger charge is 2.37. The summed E-state index contributed by atoms with van der Waals surface area (Å²) in [6.07, 6.45) is 0.610. The molecule has 0 spiro atoms. The van der Waals surface area contributed by atoms with Crippen molar-refractivity contribution in [2.45, 2.75) is 45.1 Å². The van der Waals surface area contributed by atoms with Crippen LogP contribution in [0, 0.1) is 5.92 Å². The monoisotopic (exact) mass is 378 g/mol. The number of hydrogen-bond donors (Lipinski definition) is 1. The van der Waals surface area contributed by atoms with Gasteiger partial charge in [-0.05, 0) is 29.5 Å². The third-order valence-corrected chi connectivity index (χ3v) is 6.89. The quantitative estimate of drug-likeness (QED) is 0.867. The van der Waals surface area contributed by atoms with Gasteiger partial charge in [0.2, 0.25) is 11.8 Å². The van der Waals surface area contributed by atoms with Crippen molar-refractivity contribution in [3.63, 3.8) is 0 Å². The third kappa shape index (κ3) is 4.09. The number of anilines is 1. The van der Waals surface area contributed by atoms with Crippen molar-refractivity contribution in [2.24, 2.45) is 5.92 Å². The van der Waals surface area contributed by atoms with Crippen LogP contribution >= 0.6 is 0 Å². The molecule has 142 valence electrons. The Morgan fingerprint density at radius 2 is 1.85 bits per heavy atom. The van der Waals surface area contributed by atoms with E-state index in [0.29, 0.717) is 13.0 Å². The van der Waals surface area contributed by atoms with E-state index in [0.717, 1.165) is 5.69 Å². The van der Waals surface area contributed by atoms with E-state index in [-0.39, 0.29) is 41.2 Å². The van der Waals surface area contributed by atoms with Crippen LogP contribution in [0.4, 0.5) is 5.69 Å². The summed E-state index contributed by atoms with van der Waals surface area (Å²) >= 11 is 0. The van der Waals surface area contributed by atoms with Crippen molar-refractivity contribution in [2.75, 3.05) is 23.0 Å². The standard InChI is InChI=1S/C19H26N2O4S/c1-19(2,3)14-4-6-16(7-5-14)21-11-13(10-17(21)22)18(23)20-15-8-9-26(24,25)12-15/h4-7,13,15H,8-12H2,1-3H3,(H,20,23). The smallest absolute Gasteiger partial charge is 0.227 e. The molecule has 2 fully saturated rings. The molecule has 0 saturated carbocycles. The predicted octanol–water partition coefficient (Wildman–Crippen LogP) is 1.64. The first-order chi connectivity index (χ1) is 12.0. The van der Waals surface area contributed by atoms with Gasteiger partial charge in [0.05, 0.1) is 17.4 Å². The molecule has 3 rings (SSSR count). The fourth-order valence-corrected chi connectivity index (χ4v) is 5.18. The highest BCUT2D eigenvalue weighted by Crippen LogP contribution is 2.29. The molecule has 1 aromatic rings. The first kappa shape index (κ1) is 18.9. The molecule has 0 radical (unpaired) electrons. The third-order valence-electron chi connectivity index (χ3n) is 5.12. The minimum absolute atomic E-state index is 0.00259. The Bertz CT molecular complexity index is 809. The highest BCUT2D eigenvalue weighted by molar-refractivity contribution is 7.91. The summed E-state index contributed by atoms with van der Waals surface area (Å²) in [6, 6.07) is 7.53. The maximum Gasteiger partial charge on any atom is 0.227 e. The first-order valence-corrected chi connectivity index (χ1v) is 10.8. The fourth-order valence-electron chi connectivity index (χ4n) is 3.50. The number of carbonyl (C=O) groups is 2. The van der Waals surface area contributed by atoms with Crippen molar-refractivity contribution in [1.29, 1.82) is 0 Å². The second kappa shape index (κ2) is 6.68. The minimum Gasteiger partial charge on any atom is -0.352 e. The first-order valence-electron chi connectivity index (χ1n) is 8.97. The topological polar surface area (TPSA) is 83.6 Å². The molecule has 2 amide bonds. The Balaban J connectivity index is 1.64. The lowest BCUT2D eigenvalue weighted by molar-refractivity contribution is -0.126. The van der Waals surface area contributed by atoms with Gasteiger partial charge in [-0.25, -0.2) is 8.42 Å². The van der Waals surface area contributed by atoms with Gasteiger partial charge in [-0.1, -0.05) is 32.9 Å². The molecule has 2 aliphatic heterocycles. The summed E-state index contributed by atoms with van der Waals surface area (Å²) in [6.45, 7) is 6.73. The summed E-state index contributed by atoms with van der Waals surface area (Å²) in [5.41, 5.74) is 2.02. The SMILES string of the molecule is CC(C)(C)c1ccc(N2CC(C(=O)NC3CCS(=O)(=O)C3)CC2=O)cc1. The van der Waals surface area contributed by atoms with Gasteiger partial charge < -0.3 is 10.2 Å². The molecular weight excluding hydrogens is 352 g/mol. The number of benzene rings is 1. The molecule has 2 atom stereocenters. The van der Waals surface area contributed by atoms with E-state index in [9.17, 15) is 18.0 Å². The van der Waals surface area contributed by atoms with Gasteiger partial charge in [0.25, 0.3) is 0 Å². The van der Waals surface area contributed by atoms with Gasteiger partial charge in [0, 0.05) is 24.7 Å². The van der Waals surface area contributed by atoms with Gasteiger partial charge in [-0.3, -0.25) is 9.59 Å². The predicted molar refractivity (Wildman–Crippen MR) is 101 cm³/mol. The van der Waals surface area contributed by atoms with Crippen LogP contribution in [0.3, 0.4) is 0 Å². The van der Waals surface area contributed by atoms with Crippen molar-refractivity contribution in [1.82, 2.24) is 5.32 Å². The van der Waals surface area contributed by atoms with Crippen molar-refractivity contribution in [3.05, 3.63) is 29.8 Å². The zero-order valence-electron chi connectivity index (χ0n) is 15.5. The molecule has 2 saturated heterocycles. The van der Waals surface area contributed by atoms with Crippen LogP contribution < -0.4 is 10.2 Å². The maximum atomic E-state index is 12.4.